The van der Waals surface area contributed by atoms with Gasteiger partial charge in [-0.25, -0.2) is 4.39 Å². The Hall–Kier alpha value is -1.63. The molecule has 2 unspecified atom stereocenters. The predicted molar refractivity (Wildman–Crippen MR) is 69.1 cm³/mol. The number of hydrogen-bond acceptors (Lipinski definition) is 2. The van der Waals surface area contributed by atoms with Gasteiger partial charge in [-0.15, -0.1) is 0 Å². The Morgan fingerprint density at radius 2 is 2.10 bits per heavy atom. The van der Waals surface area contributed by atoms with Gasteiger partial charge in [-0.05, 0) is 44.0 Å². The summed E-state index contributed by atoms with van der Waals surface area (Å²) in [6.07, 6.45) is -4.10. The second-order valence-corrected chi connectivity index (χ2v) is 5.34. The summed E-state index contributed by atoms with van der Waals surface area (Å²) in [6.45, 7) is 2.66. The third kappa shape index (κ3) is 3.18. The first kappa shape index (κ1) is 15.8. The van der Waals surface area contributed by atoms with E-state index in [1.54, 1.807) is 0 Å². The molecule has 116 valence electrons. The molecule has 1 aliphatic rings. The molecule has 1 fully saturated rings. The Kier molecular flexibility index (Phi) is 4.22. The van der Waals surface area contributed by atoms with Crippen molar-refractivity contribution in [3.05, 3.63) is 35.1 Å². The van der Waals surface area contributed by atoms with Gasteiger partial charge in [-0.3, -0.25) is 4.79 Å². The van der Waals surface area contributed by atoms with Crippen LogP contribution >= 0.6 is 0 Å². The van der Waals surface area contributed by atoms with Crippen molar-refractivity contribution in [1.29, 1.82) is 0 Å². The zero-order valence-electron chi connectivity index (χ0n) is 11.5. The van der Waals surface area contributed by atoms with Crippen molar-refractivity contribution in [1.82, 2.24) is 4.90 Å². The summed E-state index contributed by atoms with van der Waals surface area (Å²) in [7, 11) is 0. The molecule has 0 aliphatic carbocycles. The molecule has 0 aromatic heterocycles. The lowest BCUT2D eigenvalue weighted by molar-refractivity contribution is -0.140. The van der Waals surface area contributed by atoms with Crippen LogP contribution in [0.1, 0.15) is 29.3 Å². The van der Waals surface area contributed by atoms with E-state index >= 15 is 0 Å². The average molecular weight is 304 g/mol. The molecule has 1 aromatic carbocycles. The maximum absolute atomic E-state index is 13.2. The van der Waals surface area contributed by atoms with Crippen molar-refractivity contribution >= 4 is 5.91 Å². The van der Waals surface area contributed by atoms with E-state index in [9.17, 15) is 22.4 Å². The van der Waals surface area contributed by atoms with E-state index in [0.717, 1.165) is 12.5 Å². The van der Waals surface area contributed by atoms with E-state index < -0.39 is 23.5 Å². The molecule has 1 aliphatic heterocycles. The van der Waals surface area contributed by atoms with E-state index in [1.807, 2.05) is 6.92 Å². The Balaban J connectivity index is 2.28. The fourth-order valence-corrected chi connectivity index (χ4v) is 2.64. The number of carbonyl (C=O) groups excluding carboxylic acids is 1. The molecule has 7 heteroatoms. The standard InChI is InChI=1S/C14H16F4N2O/c1-8-4-9(6-19)7-20(8)13(21)10-2-3-12(15)11(5-10)14(16,17)18/h2-3,5,8-9H,4,6-7,19H2,1H3. The van der Waals surface area contributed by atoms with Crippen LogP contribution in [0.25, 0.3) is 0 Å². The lowest BCUT2D eigenvalue weighted by Crippen LogP contribution is -2.34. The van der Waals surface area contributed by atoms with Crippen LogP contribution in [0.2, 0.25) is 0 Å². The first-order valence-corrected chi connectivity index (χ1v) is 6.61. The molecule has 2 atom stereocenters. The van der Waals surface area contributed by atoms with Crippen LogP contribution < -0.4 is 5.73 Å². The van der Waals surface area contributed by atoms with Crippen LogP contribution in [0.4, 0.5) is 17.6 Å². The topological polar surface area (TPSA) is 46.3 Å². The fourth-order valence-electron chi connectivity index (χ4n) is 2.64. The molecular weight excluding hydrogens is 288 g/mol. The van der Waals surface area contributed by atoms with E-state index in [4.69, 9.17) is 5.73 Å². The fraction of sp³-hybridized carbons (Fsp3) is 0.500. The Bertz CT molecular complexity index is 544. The van der Waals surface area contributed by atoms with Gasteiger partial charge >= 0.3 is 6.18 Å². The Morgan fingerprint density at radius 1 is 1.43 bits per heavy atom. The van der Waals surface area contributed by atoms with Crippen LogP contribution in [0, 0.1) is 11.7 Å². The minimum Gasteiger partial charge on any atom is -0.336 e. The first-order chi connectivity index (χ1) is 9.74. The quantitative estimate of drug-likeness (QED) is 0.854. The molecule has 1 saturated heterocycles. The van der Waals surface area contributed by atoms with Crippen LogP contribution in [0.15, 0.2) is 18.2 Å². The highest BCUT2D eigenvalue weighted by Crippen LogP contribution is 2.32. The van der Waals surface area contributed by atoms with Crippen molar-refractivity contribution in [2.45, 2.75) is 25.6 Å². The largest absolute Gasteiger partial charge is 0.419 e. The van der Waals surface area contributed by atoms with E-state index in [1.165, 1.54) is 4.90 Å². The SMILES string of the molecule is CC1CC(CN)CN1C(=O)c1ccc(F)c(C(F)(F)F)c1. The molecule has 1 amide bonds. The molecule has 0 spiro atoms. The maximum atomic E-state index is 13.2. The van der Waals surface area contributed by atoms with Gasteiger partial charge < -0.3 is 10.6 Å². The molecule has 1 heterocycles. The number of benzene rings is 1. The summed E-state index contributed by atoms with van der Waals surface area (Å²) in [5.74, 6) is -1.76. The average Bonchev–Trinajstić information content (AvgIpc) is 2.78. The second kappa shape index (κ2) is 5.63. The van der Waals surface area contributed by atoms with E-state index in [-0.39, 0.29) is 17.5 Å². The zero-order valence-corrected chi connectivity index (χ0v) is 11.5. The van der Waals surface area contributed by atoms with Crippen LogP contribution in [0.3, 0.4) is 0 Å². The molecule has 1 aromatic rings. The number of carbonyl (C=O) groups is 1. The summed E-state index contributed by atoms with van der Waals surface area (Å²) in [5.41, 5.74) is 3.98. The normalized spacial score (nSPS) is 22.7. The van der Waals surface area contributed by atoms with Crippen molar-refractivity contribution in [3.63, 3.8) is 0 Å². The number of rotatable bonds is 2. The third-order valence-corrected chi connectivity index (χ3v) is 3.77. The number of nitrogens with two attached hydrogens (primary N) is 1. The summed E-state index contributed by atoms with van der Waals surface area (Å²) in [5, 5.41) is 0. The van der Waals surface area contributed by atoms with Gasteiger partial charge in [-0.2, -0.15) is 13.2 Å². The van der Waals surface area contributed by atoms with Crippen molar-refractivity contribution in [2.24, 2.45) is 11.7 Å². The minimum absolute atomic E-state index is 0.0922. The van der Waals surface area contributed by atoms with Gasteiger partial charge in [0.05, 0.1) is 5.56 Å². The number of likely N-dealkylation sites (tertiary alicyclic amines) is 1. The first-order valence-electron chi connectivity index (χ1n) is 6.61. The van der Waals surface area contributed by atoms with Crippen LogP contribution in [-0.2, 0) is 6.18 Å². The molecule has 0 saturated carbocycles. The van der Waals surface area contributed by atoms with Crippen molar-refractivity contribution < 1.29 is 22.4 Å². The molecule has 2 rings (SSSR count). The lowest BCUT2D eigenvalue weighted by atomic mass is 10.1. The van der Waals surface area contributed by atoms with Gasteiger partial charge in [0.1, 0.15) is 5.82 Å². The monoisotopic (exact) mass is 304 g/mol. The Labute approximate surface area is 119 Å². The molecular formula is C14H16F4N2O. The third-order valence-electron chi connectivity index (χ3n) is 3.77. The number of amides is 1. The predicted octanol–water partition coefficient (Wildman–Crippen LogP) is 2.65. The van der Waals surface area contributed by atoms with Gasteiger partial charge in [0.15, 0.2) is 0 Å². The lowest BCUT2D eigenvalue weighted by Gasteiger charge is -2.22. The van der Waals surface area contributed by atoms with Gasteiger partial charge in [-0.1, -0.05) is 0 Å². The van der Waals surface area contributed by atoms with E-state index in [0.29, 0.717) is 25.2 Å². The smallest absolute Gasteiger partial charge is 0.336 e. The minimum atomic E-state index is -4.82. The van der Waals surface area contributed by atoms with Gasteiger partial charge in [0.25, 0.3) is 5.91 Å². The summed E-state index contributed by atoms with van der Waals surface area (Å²) < 4.78 is 51.3. The number of alkyl halides is 3. The number of nitrogens with zero attached hydrogens (tertiary/aromatic N) is 1. The molecule has 0 bridgehead atoms. The number of halogens is 4. The summed E-state index contributed by atoms with van der Waals surface area (Å²) in [6, 6.07) is 2.23. The highest BCUT2D eigenvalue weighted by Gasteiger charge is 2.36. The Morgan fingerprint density at radius 3 is 2.62 bits per heavy atom. The summed E-state index contributed by atoms with van der Waals surface area (Å²) in [4.78, 5) is 13.8. The highest BCUT2D eigenvalue weighted by atomic mass is 19.4. The van der Waals surface area contributed by atoms with E-state index in [2.05, 4.69) is 0 Å². The highest BCUT2D eigenvalue weighted by molar-refractivity contribution is 5.94. The van der Waals surface area contributed by atoms with Crippen molar-refractivity contribution in [2.75, 3.05) is 13.1 Å². The second-order valence-electron chi connectivity index (χ2n) is 5.34. The van der Waals surface area contributed by atoms with Gasteiger partial charge in [0, 0.05) is 18.2 Å². The molecule has 2 N–H and O–H groups in total. The maximum Gasteiger partial charge on any atom is 0.419 e. The van der Waals surface area contributed by atoms with Crippen LogP contribution in [0.5, 0.6) is 0 Å². The van der Waals surface area contributed by atoms with Crippen LogP contribution in [-0.4, -0.2) is 29.9 Å². The number of hydrogen-bond donors (Lipinski definition) is 1. The molecule has 0 radical (unpaired) electrons. The van der Waals surface area contributed by atoms with Crippen molar-refractivity contribution in [3.8, 4) is 0 Å². The summed E-state index contributed by atoms with van der Waals surface area (Å²) >= 11 is 0. The van der Waals surface area contributed by atoms with Gasteiger partial charge in [0.2, 0.25) is 0 Å². The zero-order chi connectivity index (χ0) is 15.8. The molecule has 21 heavy (non-hydrogen) atoms. The molecule has 3 nitrogen and oxygen atoms in total.